The Hall–Kier alpha value is -3.05. The molecule has 2 N–H and O–H groups in total. The van der Waals surface area contributed by atoms with Crippen LogP contribution in [0.25, 0.3) is 11.3 Å². The van der Waals surface area contributed by atoms with Crippen molar-refractivity contribution >= 4 is 23.2 Å². The molecular weight excluding hydrogens is 410 g/mol. The predicted octanol–water partition coefficient (Wildman–Crippen LogP) is 5.94. The van der Waals surface area contributed by atoms with E-state index in [1.807, 2.05) is 48.5 Å². The van der Waals surface area contributed by atoms with Crippen LogP contribution in [0.1, 0.15) is 43.7 Å². The molecule has 2 aliphatic rings. The van der Waals surface area contributed by atoms with E-state index in [9.17, 15) is 4.79 Å². The molecular formula is C25H24ClN3O2. The highest BCUT2D eigenvalue weighted by molar-refractivity contribution is 6.30. The van der Waals surface area contributed by atoms with Crippen molar-refractivity contribution in [2.24, 2.45) is 5.41 Å². The number of nitrogens with one attached hydrogen (secondary N) is 2. The number of ketones is 1. The van der Waals surface area contributed by atoms with Gasteiger partial charge in [0.05, 0.1) is 12.8 Å². The number of anilines is 1. The van der Waals surface area contributed by atoms with Gasteiger partial charge in [-0.2, -0.15) is 5.10 Å². The molecule has 5 nitrogen and oxygen atoms in total. The number of aromatic amines is 1. The minimum atomic E-state index is -0.204. The maximum Gasteiger partial charge on any atom is 0.162 e. The number of carbonyl (C=O) groups excluding carboxylic acids is 1. The fraction of sp³-hybridized carbons (Fsp3) is 0.280. The van der Waals surface area contributed by atoms with Gasteiger partial charge in [0, 0.05) is 39.8 Å². The summed E-state index contributed by atoms with van der Waals surface area (Å²) >= 11 is 6.10. The third-order valence-electron chi connectivity index (χ3n) is 6.15. The second-order valence-electron chi connectivity index (χ2n) is 9.03. The molecule has 0 radical (unpaired) electrons. The number of nitrogens with zero attached hydrogens (tertiary/aromatic N) is 1. The molecule has 6 heteroatoms. The molecule has 0 bridgehead atoms. The van der Waals surface area contributed by atoms with Gasteiger partial charge in [-0.05, 0) is 41.7 Å². The number of allylic oxidation sites excluding steroid dienone is 2. The molecule has 0 saturated heterocycles. The average Bonchev–Trinajstić information content (AvgIpc) is 3.15. The smallest absolute Gasteiger partial charge is 0.162 e. The van der Waals surface area contributed by atoms with Crippen LogP contribution in [0.15, 0.2) is 59.8 Å². The van der Waals surface area contributed by atoms with Crippen LogP contribution in [0, 0.1) is 5.41 Å². The summed E-state index contributed by atoms with van der Waals surface area (Å²) in [5.74, 6) is 1.54. The first-order chi connectivity index (χ1) is 14.9. The van der Waals surface area contributed by atoms with E-state index < -0.39 is 0 Å². The van der Waals surface area contributed by atoms with Gasteiger partial charge < -0.3 is 10.1 Å². The second-order valence-corrected chi connectivity index (χ2v) is 9.47. The topological polar surface area (TPSA) is 67.0 Å². The van der Waals surface area contributed by atoms with E-state index in [-0.39, 0.29) is 17.1 Å². The van der Waals surface area contributed by atoms with Crippen molar-refractivity contribution < 1.29 is 9.53 Å². The van der Waals surface area contributed by atoms with E-state index in [0.29, 0.717) is 11.4 Å². The van der Waals surface area contributed by atoms with E-state index in [2.05, 4.69) is 29.4 Å². The summed E-state index contributed by atoms with van der Waals surface area (Å²) in [5.41, 5.74) is 5.63. The lowest BCUT2D eigenvalue weighted by molar-refractivity contribution is -0.118. The average molecular weight is 434 g/mol. The lowest BCUT2D eigenvalue weighted by Crippen LogP contribution is -2.33. The Morgan fingerprint density at radius 2 is 1.77 bits per heavy atom. The number of fused-ring (bicyclic) bond motifs is 1. The molecule has 2 heterocycles. The number of Topliss-reactive ketones (excluding diaryl/α,β-unsaturated/α-hetero) is 1. The van der Waals surface area contributed by atoms with Crippen molar-refractivity contribution in [3.63, 3.8) is 0 Å². The van der Waals surface area contributed by atoms with Crippen molar-refractivity contribution in [1.82, 2.24) is 10.2 Å². The molecule has 1 atom stereocenters. The van der Waals surface area contributed by atoms with Crippen molar-refractivity contribution in [1.29, 1.82) is 0 Å². The van der Waals surface area contributed by atoms with Crippen LogP contribution >= 0.6 is 11.6 Å². The van der Waals surface area contributed by atoms with Gasteiger partial charge in [-0.15, -0.1) is 0 Å². The van der Waals surface area contributed by atoms with Crippen molar-refractivity contribution in [2.75, 3.05) is 12.4 Å². The number of methoxy groups -OCH3 is 1. The van der Waals surface area contributed by atoms with Gasteiger partial charge in [0.2, 0.25) is 0 Å². The van der Waals surface area contributed by atoms with Crippen LogP contribution in [0.2, 0.25) is 5.02 Å². The van der Waals surface area contributed by atoms with Crippen molar-refractivity contribution in [2.45, 2.75) is 32.6 Å². The van der Waals surface area contributed by atoms with Gasteiger partial charge in [0.25, 0.3) is 0 Å². The Morgan fingerprint density at radius 1 is 1.06 bits per heavy atom. The number of hydrogen-bond acceptors (Lipinski definition) is 4. The van der Waals surface area contributed by atoms with Gasteiger partial charge in [-0.25, -0.2) is 0 Å². The molecule has 1 aliphatic carbocycles. The van der Waals surface area contributed by atoms with Crippen LogP contribution in [-0.4, -0.2) is 23.1 Å². The number of H-pyrrole nitrogens is 1. The zero-order chi connectivity index (χ0) is 21.8. The Labute approximate surface area is 186 Å². The van der Waals surface area contributed by atoms with Gasteiger partial charge in [0.1, 0.15) is 5.75 Å². The predicted molar refractivity (Wildman–Crippen MR) is 123 cm³/mol. The lowest BCUT2D eigenvalue weighted by atomic mass is 9.69. The third kappa shape index (κ3) is 3.43. The standard InChI is InChI=1S/C25H24ClN3O2/c1-25(2)12-18-21(19(30)13-25)20(14-6-10-17(31-3)11-7-14)22-23(28-29-24(22)27-18)15-4-8-16(26)9-5-15/h4-11,20H,12-13H2,1-3H3,(H2,27,28,29)/t20-/m1/s1. The van der Waals surface area contributed by atoms with Crippen molar-refractivity contribution in [3.05, 3.63) is 76.0 Å². The van der Waals surface area contributed by atoms with Crippen LogP contribution < -0.4 is 10.1 Å². The summed E-state index contributed by atoms with van der Waals surface area (Å²) < 4.78 is 5.35. The monoisotopic (exact) mass is 433 g/mol. The van der Waals surface area contributed by atoms with E-state index in [1.165, 1.54) is 0 Å². The van der Waals surface area contributed by atoms with Gasteiger partial charge in [-0.3, -0.25) is 9.89 Å². The maximum absolute atomic E-state index is 13.4. The minimum Gasteiger partial charge on any atom is -0.497 e. The molecule has 5 rings (SSSR count). The molecule has 1 aromatic heterocycles. The summed E-state index contributed by atoms with van der Waals surface area (Å²) in [4.78, 5) is 13.4. The quantitative estimate of drug-likeness (QED) is 0.536. The summed E-state index contributed by atoms with van der Waals surface area (Å²) in [6.07, 6.45) is 1.34. The van der Waals surface area contributed by atoms with E-state index in [1.54, 1.807) is 7.11 Å². The van der Waals surface area contributed by atoms with E-state index >= 15 is 0 Å². The number of ether oxygens (including phenoxy) is 1. The van der Waals surface area contributed by atoms with Crippen LogP contribution in [-0.2, 0) is 4.79 Å². The first kappa shape index (κ1) is 19.9. The molecule has 3 aromatic rings. The summed E-state index contributed by atoms with van der Waals surface area (Å²) in [6, 6.07) is 15.6. The fourth-order valence-corrected chi connectivity index (χ4v) is 4.89. The number of aromatic nitrogens is 2. The molecule has 0 fully saturated rings. The summed E-state index contributed by atoms with van der Waals surface area (Å²) in [7, 11) is 1.65. The Balaban J connectivity index is 1.71. The summed E-state index contributed by atoms with van der Waals surface area (Å²) in [5, 5.41) is 11.9. The van der Waals surface area contributed by atoms with Crippen LogP contribution in [0.3, 0.4) is 0 Å². The van der Waals surface area contributed by atoms with E-state index in [0.717, 1.165) is 51.6 Å². The highest BCUT2D eigenvalue weighted by Gasteiger charge is 2.42. The Kier molecular flexibility index (Phi) is 4.67. The number of carbonyl (C=O) groups is 1. The summed E-state index contributed by atoms with van der Waals surface area (Å²) in [6.45, 7) is 4.27. The molecule has 0 saturated carbocycles. The van der Waals surface area contributed by atoms with Crippen molar-refractivity contribution in [3.8, 4) is 17.0 Å². The Bertz CT molecular complexity index is 1190. The highest BCUT2D eigenvalue weighted by Crippen LogP contribution is 2.51. The molecule has 0 spiro atoms. The van der Waals surface area contributed by atoms with Crippen LogP contribution in [0.4, 0.5) is 5.82 Å². The first-order valence-electron chi connectivity index (χ1n) is 10.4. The molecule has 0 amide bonds. The van der Waals surface area contributed by atoms with Gasteiger partial charge in [-0.1, -0.05) is 49.7 Å². The molecule has 1 aliphatic heterocycles. The normalized spacial score (nSPS) is 19.5. The maximum atomic E-state index is 13.4. The SMILES string of the molecule is COc1ccc([C@@H]2C3=C(CC(C)(C)CC3=O)Nc3n[nH]c(-c4ccc(Cl)cc4)c32)cc1. The second kappa shape index (κ2) is 7.27. The van der Waals surface area contributed by atoms with E-state index in [4.69, 9.17) is 16.3 Å². The molecule has 0 unspecified atom stereocenters. The van der Waals surface area contributed by atoms with Gasteiger partial charge >= 0.3 is 0 Å². The zero-order valence-electron chi connectivity index (χ0n) is 17.8. The highest BCUT2D eigenvalue weighted by atomic mass is 35.5. The molecule has 31 heavy (non-hydrogen) atoms. The number of rotatable bonds is 3. The Morgan fingerprint density at radius 3 is 2.45 bits per heavy atom. The lowest BCUT2D eigenvalue weighted by Gasteiger charge is -2.38. The van der Waals surface area contributed by atoms with Gasteiger partial charge in [0.15, 0.2) is 11.6 Å². The number of halogens is 1. The molecule has 2 aromatic carbocycles. The first-order valence-corrected chi connectivity index (χ1v) is 10.8. The van der Waals surface area contributed by atoms with Crippen LogP contribution in [0.5, 0.6) is 5.75 Å². The minimum absolute atomic E-state index is 0.0831. The zero-order valence-corrected chi connectivity index (χ0v) is 18.5. The number of benzene rings is 2. The largest absolute Gasteiger partial charge is 0.497 e. The third-order valence-corrected chi connectivity index (χ3v) is 6.40. The number of hydrogen-bond donors (Lipinski definition) is 2. The fourth-order valence-electron chi connectivity index (χ4n) is 4.76. The molecule has 158 valence electrons.